The number of Topliss-reactive ketones (excluding diaryl/α,β-unsaturated/α-hetero) is 1. The van der Waals surface area contributed by atoms with Gasteiger partial charge in [0.1, 0.15) is 11.5 Å². The number of ether oxygens (including phenoxy) is 1. The van der Waals surface area contributed by atoms with Gasteiger partial charge in [-0.05, 0) is 30.0 Å². The van der Waals surface area contributed by atoms with Crippen LogP contribution in [0.3, 0.4) is 0 Å². The van der Waals surface area contributed by atoms with Gasteiger partial charge in [0.25, 0.3) is 0 Å². The fourth-order valence-corrected chi connectivity index (χ4v) is 3.26. The number of carbonyl (C=O) groups is 1. The summed E-state index contributed by atoms with van der Waals surface area (Å²) >= 11 is 0. The van der Waals surface area contributed by atoms with E-state index >= 15 is 0 Å². The second kappa shape index (κ2) is 4.90. The van der Waals surface area contributed by atoms with E-state index < -0.39 is 0 Å². The number of rotatable bonds is 2. The van der Waals surface area contributed by atoms with Crippen molar-refractivity contribution >= 4 is 11.5 Å². The second-order valence-electron chi connectivity index (χ2n) is 7.41. The van der Waals surface area contributed by atoms with E-state index in [0.717, 1.165) is 11.3 Å². The quantitative estimate of drug-likeness (QED) is 0.820. The van der Waals surface area contributed by atoms with Crippen LogP contribution in [-0.4, -0.2) is 17.5 Å². The number of hydrogen-bond acceptors (Lipinski definition) is 3. The molecule has 0 atom stereocenters. The Hall–Kier alpha value is -1.77. The number of aromatic hydroxyl groups is 1. The molecule has 0 unspecified atom stereocenters. The van der Waals surface area contributed by atoms with Crippen LogP contribution in [0.25, 0.3) is 5.76 Å². The Morgan fingerprint density at radius 2 is 1.90 bits per heavy atom. The van der Waals surface area contributed by atoms with Crippen LogP contribution in [0.2, 0.25) is 0 Å². The molecule has 0 amide bonds. The zero-order valence-electron chi connectivity index (χ0n) is 13.7. The first kappa shape index (κ1) is 15.6. The Morgan fingerprint density at radius 3 is 2.38 bits per heavy atom. The van der Waals surface area contributed by atoms with Crippen molar-refractivity contribution in [3.8, 4) is 5.75 Å². The largest absolute Gasteiger partial charge is 0.507 e. The van der Waals surface area contributed by atoms with Gasteiger partial charge in [-0.1, -0.05) is 40.7 Å². The van der Waals surface area contributed by atoms with Crippen molar-refractivity contribution in [2.45, 2.75) is 41.5 Å². The topological polar surface area (TPSA) is 46.5 Å². The average molecular weight is 288 g/mol. The standard InChI is InChI=1S/C18H24O3/c1-11(19)13-8-7-12(9-14(13)20)15-16(17(2,3)4)18(5,6)10-21-15/h7-9,20H,10H2,1-6H3. The fourth-order valence-electron chi connectivity index (χ4n) is 3.26. The zero-order valence-corrected chi connectivity index (χ0v) is 13.7. The van der Waals surface area contributed by atoms with Gasteiger partial charge in [-0.15, -0.1) is 0 Å². The van der Waals surface area contributed by atoms with E-state index in [0.29, 0.717) is 12.2 Å². The molecule has 0 bridgehead atoms. The van der Waals surface area contributed by atoms with Crippen LogP contribution < -0.4 is 0 Å². The smallest absolute Gasteiger partial charge is 0.163 e. The van der Waals surface area contributed by atoms with Crippen molar-refractivity contribution in [1.82, 2.24) is 0 Å². The predicted octanol–water partition coefficient (Wildman–Crippen LogP) is 4.41. The van der Waals surface area contributed by atoms with Crippen molar-refractivity contribution < 1.29 is 14.6 Å². The zero-order chi connectivity index (χ0) is 16.0. The second-order valence-corrected chi connectivity index (χ2v) is 7.41. The van der Waals surface area contributed by atoms with Gasteiger partial charge in [-0.3, -0.25) is 4.79 Å². The van der Waals surface area contributed by atoms with Gasteiger partial charge < -0.3 is 9.84 Å². The van der Waals surface area contributed by atoms with Crippen LogP contribution in [0, 0.1) is 10.8 Å². The molecule has 0 saturated heterocycles. The third-order valence-corrected chi connectivity index (χ3v) is 3.87. The molecule has 0 spiro atoms. The molecule has 3 heteroatoms. The van der Waals surface area contributed by atoms with Gasteiger partial charge in [0.2, 0.25) is 0 Å². The van der Waals surface area contributed by atoms with Crippen LogP contribution in [-0.2, 0) is 4.74 Å². The fraction of sp³-hybridized carbons (Fsp3) is 0.500. The molecule has 1 N–H and O–H groups in total. The van der Waals surface area contributed by atoms with E-state index in [1.807, 2.05) is 6.07 Å². The monoisotopic (exact) mass is 288 g/mol. The Labute approximate surface area is 126 Å². The summed E-state index contributed by atoms with van der Waals surface area (Å²) in [5.41, 5.74) is 2.35. The van der Waals surface area contributed by atoms with Crippen LogP contribution in [0.1, 0.15) is 57.5 Å². The highest BCUT2D eigenvalue weighted by Crippen LogP contribution is 2.49. The van der Waals surface area contributed by atoms with E-state index in [4.69, 9.17) is 4.74 Å². The molecule has 2 rings (SSSR count). The first-order valence-corrected chi connectivity index (χ1v) is 7.26. The van der Waals surface area contributed by atoms with Crippen LogP contribution in [0.5, 0.6) is 5.75 Å². The lowest BCUT2D eigenvalue weighted by Crippen LogP contribution is -2.24. The molecule has 3 nitrogen and oxygen atoms in total. The molecular formula is C18H24O3. The van der Waals surface area contributed by atoms with Gasteiger partial charge in [0.05, 0.1) is 12.2 Å². The summed E-state index contributed by atoms with van der Waals surface area (Å²) in [5, 5.41) is 10.0. The van der Waals surface area contributed by atoms with Gasteiger partial charge in [-0.25, -0.2) is 0 Å². The van der Waals surface area contributed by atoms with Gasteiger partial charge in [0, 0.05) is 11.0 Å². The summed E-state index contributed by atoms with van der Waals surface area (Å²) < 4.78 is 5.93. The summed E-state index contributed by atoms with van der Waals surface area (Å²) in [7, 11) is 0. The molecule has 1 heterocycles. The van der Waals surface area contributed by atoms with Crippen molar-refractivity contribution in [3.05, 3.63) is 34.9 Å². The number of phenols is 1. The highest BCUT2D eigenvalue weighted by atomic mass is 16.5. The van der Waals surface area contributed by atoms with E-state index in [2.05, 4.69) is 34.6 Å². The maximum atomic E-state index is 11.4. The summed E-state index contributed by atoms with van der Waals surface area (Å²) in [5.74, 6) is 0.698. The molecule has 0 radical (unpaired) electrons. The molecule has 0 fully saturated rings. The maximum absolute atomic E-state index is 11.4. The summed E-state index contributed by atoms with van der Waals surface area (Å²) in [6, 6.07) is 5.13. The molecule has 0 aliphatic carbocycles. The van der Waals surface area contributed by atoms with Crippen LogP contribution >= 0.6 is 0 Å². The van der Waals surface area contributed by atoms with E-state index in [1.54, 1.807) is 12.1 Å². The lowest BCUT2D eigenvalue weighted by molar-refractivity contribution is 0.101. The number of ketones is 1. The molecule has 1 aliphatic heterocycles. The SMILES string of the molecule is CC(=O)c1ccc(C2=C(C(C)(C)C)C(C)(C)CO2)cc1O. The molecule has 0 aromatic heterocycles. The first-order chi connectivity index (χ1) is 9.54. The molecule has 0 saturated carbocycles. The third-order valence-electron chi connectivity index (χ3n) is 3.87. The Kier molecular flexibility index (Phi) is 3.64. The van der Waals surface area contributed by atoms with Crippen molar-refractivity contribution in [3.63, 3.8) is 0 Å². The Bertz CT molecular complexity index is 616. The van der Waals surface area contributed by atoms with Crippen molar-refractivity contribution in [2.75, 3.05) is 6.61 Å². The number of phenolic OH excluding ortho intramolecular Hbond substituents is 1. The predicted molar refractivity (Wildman–Crippen MR) is 84.2 cm³/mol. The highest BCUT2D eigenvalue weighted by Gasteiger charge is 2.41. The van der Waals surface area contributed by atoms with Crippen LogP contribution in [0.15, 0.2) is 23.8 Å². The molecule has 1 aromatic rings. The Balaban J connectivity index is 2.59. The molecular weight excluding hydrogens is 264 g/mol. The van der Waals surface area contributed by atoms with E-state index in [9.17, 15) is 9.90 Å². The third kappa shape index (κ3) is 2.82. The minimum atomic E-state index is -0.142. The molecule has 114 valence electrons. The van der Waals surface area contributed by atoms with Crippen molar-refractivity contribution in [2.24, 2.45) is 10.8 Å². The van der Waals surface area contributed by atoms with Crippen LogP contribution in [0.4, 0.5) is 0 Å². The minimum Gasteiger partial charge on any atom is -0.507 e. The van der Waals surface area contributed by atoms with Gasteiger partial charge in [-0.2, -0.15) is 0 Å². The van der Waals surface area contributed by atoms with E-state index in [1.165, 1.54) is 12.5 Å². The Morgan fingerprint density at radius 1 is 1.29 bits per heavy atom. The van der Waals surface area contributed by atoms with Gasteiger partial charge >= 0.3 is 0 Å². The van der Waals surface area contributed by atoms with Gasteiger partial charge in [0.15, 0.2) is 5.78 Å². The summed E-state index contributed by atoms with van der Waals surface area (Å²) in [6.07, 6.45) is 0. The lowest BCUT2D eigenvalue weighted by atomic mass is 9.71. The normalized spacial score (nSPS) is 17.8. The van der Waals surface area contributed by atoms with Crippen molar-refractivity contribution in [1.29, 1.82) is 0 Å². The lowest BCUT2D eigenvalue weighted by Gasteiger charge is -2.30. The molecule has 1 aliphatic rings. The average Bonchev–Trinajstić information content (AvgIpc) is 2.64. The van der Waals surface area contributed by atoms with E-state index in [-0.39, 0.29) is 22.4 Å². The first-order valence-electron chi connectivity index (χ1n) is 7.26. The molecule has 1 aromatic carbocycles. The summed E-state index contributed by atoms with van der Waals surface area (Å²) in [6.45, 7) is 12.9. The summed E-state index contributed by atoms with van der Waals surface area (Å²) in [4.78, 5) is 11.4. The number of benzene rings is 1. The highest BCUT2D eigenvalue weighted by molar-refractivity contribution is 5.97. The number of hydrogen-bond donors (Lipinski definition) is 1. The molecule has 21 heavy (non-hydrogen) atoms. The number of carbonyl (C=O) groups excluding carboxylic acids is 1. The minimum absolute atomic E-state index is 0.00839. The maximum Gasteiger partial charge on any atom is 0.163 e.